The van der Waals surface area contributed by atoms with E-state index in [-0.39, 0.29) is 12.1 Å². The molecule has 3 N–H and O–H groups in total. The fourth-order valence-corrected chi connectivity index (χ4v) is 3.42. The van der Waals surface area contributed by atoms with E-state index >= 15 is 0 Å². The first kappa shape index (κ1) is 16.4. The Bertz CT molecular complexity index is 1360. The molecule has 0 saturated carbocycles. The third-order valence-electron chi connectivity index (χ3n) is 4.81. The molecule has 0 aliphatic heterocycles. The van der Waals surface area contributed by atoms with E-state index < -0.39 is 0 Å². The number of hydrogen-bond donors (Lipinski definition) is 2. The summed E-state index contributed by atoms with van der Waals surface area (Å²) in [6, 6.07) is 13.2. The van der Waals surface area contributed by atoms with E-state index in [1.807, 2.05) is 43.4 Å². The van der Waals surface area contributed by atoms with Crippen LogP contribution in [-0.2, 0) is 13.6 Å². The van der Waals surface area contributed by atoms with Gasteiger partial charge < -0.3 is 10.2 Å². The molecule has 28 heavy (non-hydrogen) atoms. The Hall–Kier alpha value is -3.78. The van der Waals surface area contributed by atoms with Crippen molar-refractivity contribution >= 4 is 21.9 Å². The van der Waals surface area contributed by atoms with Crippen molar-refractivity contribution in [2.75, 3.05) is 0 Å². The molecule has 0 bridgehead atoms. The van der Waals surface area contributed by atoms with E-state index in [1.54, 1.807) is 16.9 Å². The molecule has 0 spiro atoms. The van der Waals surface area contributed by atoms with Crippen molar-refractivity contribution in [2.45, 2.75) is 6.54 Å². The Balaban J connectivity index is 1.74. The minimum absolute atomic E-state index is 0.224. The number of nitrogens with two attached hydrogens (primary N) is 1. The maximum atomic E-state index is 12.1. The Kier molecular flexibility index (Phi) is 3.59. The van der Waals surface area contributed by atoms with Crippen LogP contribution in [0.1, 0.15) is 5.69 Å². The number of benzene rings is 2. The summed E-state index contributed by atoms with van der Waals surface area (Å²) in [5.74, 6) is 0.486. The van der Waals surface area contributed by atoms with Gasteiger partial charge in [0.1, 0.15) is 11.2 Å². The predicted molar refractivity (Wildman–Crippen MR) is 105 cm³/mol. The molecule has 2 aromatic carbocycles. The smallest absolute Gasteiger partial charge is 0.272 e. The number of nitrogens with zero attached hydrogens (tertiary/aromatic N) is 4. The molecule has 0 aliphatic carbocycles. The number of para-hydroxylation sites is 2. The van der Waals surface area contributed by atoms with Gasteiger partial charge in [-0.2, -0.15) is 10.2 Å². The molecule has 0 saturated heterocycles. The Morgan fingerprint density at radius 3 is 2.86 bits per heavy atom. The number of aromatic amines is 1. The summed E-state index contributed by atoms with van der Waals surface area (Å²) in [7, 11) is 1.84. The van der Waals surface area contributed by atoms with Crippen LogP contribution in [0, 0.1) is 0 Å². The first-order chi connectivity index (χ1) is 13.7. The zero-order chi connectivity index (χ0) is 19.3. The number of H-pyrrole nitrogens is 1. The molecular weight excluding hydrogens is 356 g/mol. The second kappa shape index (κ2) is 6.14. The fourth-order valence-electron chi connectivity index (χ4n) is 3.42. The normalized spacial score (nSPS) is 11.5. The maximum absolute atomic E-state index is 12.1. The molecule has 0 radical (unpaired) electrons. The van der Waals surface area contributed by atoms with Crippen LogP contribution < -0.4 is 11.3 Å². The SMILES string of the molecule is Cn1ncc(-c2ccc3c(=O)[nH]nc(CN)c3c2)c1-c1nc2ccccc2o1. The lowest BCUT2D eigenvalue weighted by atomic mass is 10.0. The Morgan fingerprint density at radius 2 is 2.04 bits per heavy atom. The zero-order valence-electron chi connectivity index (χ0n) is 15.0. The first-order valence-electron chi connectivity index (χ1n) is 8.75. The highest BCUT2D eigenvalue weighted by Gasteiger charge is 2.19. The van der Waals surface area contributed by atoms with Gasteiger partial charge in [-0.05, 0) is 29.8 Å². The summed E-state index contributed by atoms with van der Waals surface area (Å²) in [4.78, 5) is 16.7. The van der Waals surface area contributed by atoms with Crippen LogP contribution in [-0.4, -0.2) is 25.0 Å². The van der Waals surface area contributed by atoms with Crippen LogP contribution in [0.4, 0.5) is 0 Å². The van der Waals surface area contributed by atoms with Crippen LogP contribution >= 0.6 is 0 Å². The molecule has 8 heteroatoms. The topological polar surface area (TPSA) is 116 Å². The van der Waals surface area contributed by atoms with E-state index in [2.05, 4.69) is 20.3 Å². The van der Waals surface area contributed by atoms with Crippen LogP contribution in [0.5, 0.6) is 0 Å². The van der Waals surface area contributed by atoms with Gasteiger partial charge in [-0.25, -0.2) is 10.1 Å². The molecule has 0 atom stereocenters. The van der Waals surface area contributed by atoms with E-state index in [4.69, 9.17) is 10.2 Å². The van der Waals surface area contributed by atoms with Crippen molar-refractivity contribution in [3.05, 3.63) is 64.7 Å². The number of aryl methyl sites for hydroxylation is 1. The Labute approximate surface area is 158 Å². The van der Waals surface area contributed by atoms with Gasteiger partial charge in [-0.3, -0.25) is 9.48 Å². The number of hydrogen-bond acceptors (Lipinski definition) is 6. The highest BCUT2D eigenvalue weighted by Crippen LogP contribution is 2.34. The minimum atomic E-state index is -0.246. The third-order valence-corrected chi connectivity index (χ3v) is 4.81. The number of nitrogens with one attached hydrogen (secondary N) is 1. The van der Waals surface area contributed by atoms with Crippen LogP contribution in [0.2, 0.25) is 0 Å². The molecule has 3 heterocycles. The minimum Gasteiger partial charge on any atom is -0.435 e. The number of rotatable bonds is 3. The van der Waals surface area contributed by atoms with Crippen LogP contribution in [0.25, 0.3) is 44.6 Å². The lowest BCUT2D eigenvalue weighted by molar-refractivity contribution is 0.606. The van der Waals surface area contributed by atoms with E-state index in [9.17, 15) is 4.79 Å². The van der Waals surface area contributed by atoms with Crippen molar-refractivity contribution in [2.24, 2.45) is 12.8 Å². The predicted octanol–water partition coefficient (Wildman–Crippen LogP) is 2.59. The molecule has 5 rings (SSSR count). The van der Waals surface area contributed by atoms with Crippen molar-refractivity contribution in [3.63, 3.8) is 0 Å². The van der Waals surface area contributed by atoms with Crippen molar-refractivity contribution in [3.8, 4) is 22.7 Å². The summed E-state index contributed by atoms with van der Waals surface area (Å²) >= 11 is 0. The second-order valence-electron chi connectivity index (χ2n) is 6.48. The van der Waals surface area contributed by atoms with E-state index in [0.29, 0.717) is 22.6 Å². The molecule has 0 aliphatic rings. The highest BCUT2D eigenvalue weighted by molar-refractivity contribution is 5.90. The van der Waals surface area contributed by atoms with E-state index in [1.165, 1.54) is 0 Å². The molecule has 8 nitrogen and oxygen atoms in total. The maximum Gasteiger partial charge on any atom is 0.272 e. The monoisotopic (exact) mass is 372 g/mol. The van der Waals surface area contributed by atoms with Gasteiger partial charge in [0.2, 0.25) is 5.89 Å². The van der Waals surface area contributed by atoms with E-state index in [0.717, 1.165) is 27.7 Å². The zero-order valence-corrected chi connectivity index (χ0v) is 15.0. The average Bonchev–Trinajstić information content (AvgIpc) is 3.31. The second-order valence-corrected chi connectivity index (χ2v) is 6.48. The molecule has 0 unspecified atom stereocenters. The lowest BCUT2D eigenvalue weighted by Gasteiger charge is -2.07. The Morgan fingerprint density at radius 1 is 1.18 bits per heavy atom. The average molecular weight is 372 g/mol. The largest absolute Gasteiger partial charge is 0.435 e. The molecule has 5 aromatic rings. The lowest BCUT2D eigenvalue weighted by Crippen LogP contribution is -2.13. The summed E-state index contributed by atoms with van der Waals surface area (Å²) in [5.41, 5.74) is 10.1. The summed E-state index contributed by atoms with van der Waals surface area (Å²) in [5, 5.41) is 12.2. The molecular formula is C20H16N6O2. The summed E-state index contributed by atoms with van der Waals surface area (Å²) < 4.78 is 7.67. The summed E-state index contributed by atoms with van der Waals surface area (Å²) in [6.07, 6.45) is 1.76. The molecule has 138 valence electrons. The van der Waals surface area contributed by atoms with Crippen molar-refractivity contribution in [1.82, 2.24) is 25.0 Å². The van der Waals surface area contributed by atoms with Crippen LogP contribution in [0.15, 0.2) is 57.9 Å². The van der Waals surface area contributed by atoms with Crippen molar-refractivity contribution < 1.29 is 4.42 Å². The number of oxazole rings is 1. The molecule has 3 aromatic heterocycles. The quantitative estimate of drug-likeness (QED) is 0.503. The van der Waals surface area contributed by atoms with Crippen LogP contribution in [0.3, 0.4) is 0 Å². The first-order valence-corrected chi connectivity index (χ1v) is 8.75. The van der Waals surface area contributed by atoms with Gasteiger partial charge in [0.25, 0.3) is 5.56 Å². The summed E-state index contributed by atoms with van der Waals surface area (Å²) in [6.45, 7) is 0.224. The third kappa shape index (κ3) is 2.43. The molecule has 0 amide bonds. The van der Waals surface area contributed by atoms with Gasteiger partial charge in [0, 0.05) is 24.5 Å². The highest BCUT2D eigenvalue weighted by atomic mass is 16.3. The number of fused-ring (bicyclic) bond motifs is 2. The van der Waals surface area contributed by atoms with Gasteiger partial charge in [0.05, 0.1) is 17.3 Å². The molecule has 0 fully saturated rings. The van der Waals surface area contributed by atoms with Crippen molar-refractivity contribution in [1.29, 1.82) is 0 Å². The number of aromatic nitrogens is 5. The van der Waals surface area contributed by atoms with Gasteiger partial charge in [0.15, 0.2) is 5.58 Å². The van der Waals surface area contributed by atoms with Gasteiger partial charge in [-0.15, -0.1) is 0 Å². The van der Waals surface area contributed by atoms with Gasteiger partial charge >= 0.3 is 0 Å². The fraction of sp³-hybridized carbons (Fsp3) is 0.100. The van der Waals surface area contributed by atoms with Gasteiger partial charge in [-0.1, -0.05) is 18.2 Å². The standard InChI is InChI=1S/C20H16N6O2/c1-26-18(20-23-15-4-2-3-5-17(15)28-20)14(10-22-26)11-6-7-12-13(8-11)16(9-21)24-25-19(12)27/h2-8,10H,9,21H2,1H3,(H,25,27).